The van der Waals surface area contributed by atoms with Crippen molar-refractivity contribution in [3.8, 4) is 0 Å². The Labute approximate surface area is 125 Å². The van der Waals surface area contributed by atoms with E-state index in [1.807, 2.05) is 0 Å². The van der Waals surface area contributed by atoms with Crippen LogP contribution in [0.15, 0.2) is 24.3 Å². The zero-order valence-electron chi connectivity index (χ0n) is 13.9. The molecule has 0 aliphatic heterocycles. The van der Waals surface area contributed by atoms with E-state index < -0.39 is 0 Å². The molecule has 2 atom stereocenters. The van der Waals surface area contributed by atoms with Gasteiger partial charge in [-0.2, -0.15) is 0 Å². The van der Waals surface area contributed by atoms with Crippen molar-refractivity contribution >= 4 is 5.69 Å². The average molecular weight is 276 g/mol. The van der Waals surface area contributed by atoms with Crippen LogP contribution < -0.4 is 10.2 Å². The van der Waals surface area contributed by atoms with Crippen molar-refractivity contribution in [2.45, 2.75) is 53.0 Å². The van der Waals surface area contributed by atoms with Crippen LogP contribution in [0, 0.1) is 5.92 Å². The summed E-state index contributed by atoms with van der Waals surface area (Å²) in [6.07, 6.45) is 3.55. The maximum atomic E-state index is 3.67. The van der Waals surface area contributed by atoms with Crippen LogP contribution in [0.4, 0.5) is 5.69 Å². The summed E-state index contributed by atoms with van der Waals surface area (Å²) in [6.45, 7) is 11.3. The topological polar surface area (TPSA) is 15.3 Å². The molecule has 0 saturated carbocycles. The molecule has 1 rings (SSSR count). The van der Waals surface area contributed by atoms with Crippen molar-refractivity contribution in [3.05, 3.63) is 29.8 Å². The molecule has 0 fully saturated rings. The van der Waals surface area contributed by atoms with E-state index in [4.69, 9.17) is 0 Å². The molecular weight excluding hydrogens is 244 g/mol. The quantitative estimate of drug-likeness (QED) is 0.708. The number of hydrogen-bond acceptors (Lipinski definition) is 2. The molecule has 0 heterocycles. The lowest BCUT2D eigenvalue weighted by Gasteiger charge is -2.28. The Bertz CT molecular complexity index is 375. The molecule has 20 heavy (non-hydrogen) atoms. The summed E-state index contributed by atoms with van der Waals surface area (Å²) in [5, 5.41) is 3.67. The summed E-state index contributed by atoms with van der Waals surface area (Å²) >= 11 is 0. The highest BCUT2D eigenvalue weighted by Crippen LogP contribution is 2.28. The minimum atomic E-state index is 0.463. The third-order valence-corrected chi connectivity index (χ3v) is 4.05. The summed E-state index contributed by atoms with van der Waals surface area (Å²) in [4.78, 5) is 2.42. The minimum Gasteiger partial charge on any atom is -0.374 e. The smallest absolute Gasteiger partial charge is 0.0412 e. The van der Waals surface area contributed by atoms with E-state index in [0.717, 1.165) is 25.4 Å². The number of nitrogens with one attached hydrogen (secondary N) is 1. The lowest BCUT2D eigenvalue weighted by Crippen LogP contribution is -2.28. The van der Waals surface area contributed by atoms with Gasteiger partial charge in [0.15, 0.2) is 0 Å². The van der Waals surface area contributed by atoms with Crippen molar-refractivity contribution in [2.24, 2.45) is 5.92 Å². The Balaban J connectivity index is 2.90. The molecule has 0 amide bonds. The molecule has 0 saturated heterocycles. The van der Waals surface area contributed by atoms with Gasteiger partial charge in [-0.05, 0) is 36.9 Å². The van der Waals surface area contributed by atoms with Crippen LogP contribution in [-0.4, -0.2) is 20.1 Å². The van der Waals surface area contributed by atoms with Crippen LogP contribution in [0.25, 0.3) is 0 Å². The summed E-state index contributed by atoms with van der Waals surface area (Å²) in [6, 6.07) is 9.31. The van der Waals surface area contributed by atoms with Gasteiger partial charge >= 0.3 is 0 Å². The fourth-order valence-corrected chi connectivity index (χ4v) is 2.62. The molecule has 114 valence electrons. The first-order chi connectivity index (χ1) is 9.63. The summed E-state index contributed by atoms with van der Waals surface area (Å²) in [5.74, 6) is 0.733. The second-order valence-electron chi connectivity index (χ2n) is 5.87. The fraction of sp³-hybridized carbons (Fsp3) is 0.667. The molecule has 0 radical (unpaired) electrons. The standard InChI is InChI=1S/C18H32N2/c1-6-13-19-17(8-3)16-11-9-10-12-18(16)20(5)14-15(4)7-2/h9-12,15,17,19H,6-8,13-14H2,1-5H3. The molecule has 2 nitrogen and oxygen atoms in total. The molecule has 1 aromatic carbocycles. The van der Waals surface area contributed by atoms with Crippen LogP contribution in [-0.2, 0) is 0 Å². The number of para-hydroxylation sites is 1. The number of anilines is 1. The Morgan fingerprint density at radius 3 is 2.40 bits per heavy atom. The highest BCUT2D eigenvalue weighted by atomic mass is 15.1. The molecule has 2 heteroatoms. The molecule has 2 unspecified atom stereocenters. The van der Waals surface area contributed by atoms with E-state index in [1.165, 1.54) is 24.1 Å². The molecule has 0 bridgehead atoms. The zero-order valence-corrected chi connectivity index (χ0v) is 13.9. The Morgan fingerprint density at radius 2 is 1.80 bits per heavy atom. The van der Waals surface area contributed by atoms with E-state index in [2.05, 4.69) is 69.2 Å². The van der Waals surface area contributed by atoms with Gasteiger partial charge < -0.3 is 10.2 Å². The molecule has 0 spiro atoms. The summed E-state index contributed by atoms with van der Waals surface area (Å²) in [5.41, 5.74) is 2.82. The van der Waals surface area contributed by atoms with Crippen LogP contribution in [0.3, 0.4) is 0 Å². The Morgan fingerprint density at radius 1 is 1.10 bits per heavy atom. The first-order valence-corrected chi connectivity index (χ1v) is 8.17. The molecule has 0 aliphatic carbocycles. The number of nitrogens with zero attached hydrogens (tertiary/aromatic N) is 1. The molecule has 1 aromatic rings. The Hall–Kier alpha value is -1.02. The number of benzene rings is 1. The van der Waals surface area contributed by atoms with Gasteiger partial charge in [0, 0.05) is 25.3 Å². The van der Waals surface area contributed by atoms with Crippen LogP contribution in [0.2, 0.25) is 0 Å². The lowest BCUT2D eigenvalue weighted by molar-refractivity contribution is 0.514. The van der Waals surface area contributed by atoms with Gasteiger partial charge in [0.25, 0.3) is 0 Å². The monoisotopic (exact) mass is 276 g/mol. The first-order valence-electron chi connectivity index (χ1n) is 8.17. The third kappa shape index (κ3) is 4.82. The number of hydrogen-bond donors (Lipinski definition) is 1. The largest absolute Gasteiger partial charge is 0.374 e. The minimum absolute atomic E-state index is 0.463. The van der Waals surface area contributed by atoms with Crippen LogP contribution >= 0.6 is 0 Å². The summed E-state index contributed by atoms with van der Waals surface area (Å²) in [7, 11) is 2.22. The lowest BCUT2D eigenvalue weighted by atomic mass is 10.0. The van der Waals surface area contributed by atoms with Gasteiger partial charge in [0.2, 0.25) is 0 Å². The highest BCUT2D eigenvalue weighted by Gasteiger charge is 2.15. The van der Waals surface area contributed by atoms with Gasteiger partial charge in [-0.3, -0.25) is 0 Å². The van der Waals surface area contributed by atoms with Crippen LogP contribution in [0.1, 0.15) is 58.6 Å². The predicted molar refractivity (Wildman–Crippen MR) is 90.5 cm³/mol. The van der Waals surface area contributed by atoms with E-state index in [-0.39, 0.29) is 0 Å². The third-order valence-electron chi connectivity index (χ3n) is 4.05. The molecular formula is C18H32N2. The normalized spacial score (nSPS) is 14.1. The van der Waals surface area contributed by atoms with E-state index in [1.54, 1.807) is 0 Å². The summed E-state index contributed by atoms with van der Waals surface area (Å²) < 4.78 is 0. The second kappa shape index (κ2) is 9.02. The highest BCUT2D eigenvalue weighted by molar-refractivity contribution is 5.54. The second-order valence-corrected chi connectivity index (χ2v) is 5.87. The molecule has 0 aliphatic rings. The van der Waals surface area contributed by atoms with Crippen molar-refractivity contribution in [1.29, 1.82) is 0 Å². The van der Waals surface area contributed by atoms with Crippen molar-refractivity contribution in [2.75, 3.05) is 25.0 Å². The average Bonchev–Trinajstić information content (AvgIpc) is 2.48. The zero-order chi connectivity index (χ0) is 15.0. The SMILES string of the molecule is CCCNC(CC)c1ccccc1N(C)CC(C)CC. The van der Waals surface area contributed by atoms with Gasteiger partial charge in [-0.15, -0.1) is 0 Å². The van der Waals surface area contributed by atoms with Crippen molar-refractivity contribution in [3.63, 3.8) is 0 Å². The first kappa shape index (κ1) is 17.0. The van der Waals surface area contributed by atoms with Crippen molar-refractivity contribution < 1.29 is 0 Å². The van der Waals surface area contributed by atoms with Crippen molar-refractivity contribution in [1.82, 2.24) is 5.32 Å². The maximum absolute atomic E-state index is 3.67. The molecule has 0 aromatic heterocycles. The Kier molecular flexibility index (Phi) is 7.68. The van der Waals surface area contributed by atoms with E-state index in [9.17, 15) is 0 Å². The predicted octanol–water partition coefficient (Wildman–Crippen LogP) is 4.62. The van der Waals surface area contributed by atoms with Gasteiger partial charge in [0.05, 0.1) is 0 Å². The van der Waals surface area contributed by atoms with Crippen LogP contribution in [0.5, 0.6) is 0 Å². The fourth-order valence-electron chi connectivity index (χ4n) is 2.62. The van der Waals surface area contributed by atoms with E-state index in [0.29, 0.717) is 6.04 Å². The van der Waals surface area contributed by atoms with Gasteiger partial charge in [-0.1, -0.05) is 52.3 Å². The van der Waals surface area contributed by atoms with Gasteiger partial charge in [-0.25, -0.2) is 0 Å². The number of rotatable bonds is 9. The van der Waals surface area contributed by atoms with E-state index >= 15 is 0 Å². The molecule has 1 N–H and O–H groups in total. The maximum Gasteiger partial charge on any atom is 0.0412 e. The van der Waals surface area contributed by atoms with Gasteiger partial charge in [0.1, 0.15) is 0 Å².